The average molecular weight is 254 g/mol. The van der Waals surface area contributed by atoms with Gasteiger partial charge in [-0.3, -0.25) is 0 Å². The minimum absolute atomic E-state index is 0.958. The summed E-state index contributed by atoms with van der Waals surface area (Å²) in [6.45, 7) is 4.28. The quantitative estimate of drug-likeness (QED) is 0.869. The molecule has 1 fully saturated rings. The lowest BCUT2D eigenvalue weighted by Crippen LogP contribution is -2.16. The van der Waals surface area contributed by atoms with E-state index in [0.29, 0.717) is 0 Å². The van der Waals surface area contributed by atoms with Crippen LogP contribution >= 0.6 is 15.9 Å². The van der Waals surface area contributed by atoms with Crippen LogP contribution in [0.25, 0.3) is 0 Å². The summed E-state index contributed by atoms with van der Waals surface area (Å²) in [7, 11) is 0. The molecule has 0 amide bonds. The maximum atomic E-state index is 3.59. The van der Waals surface area contributed by atoms with Crippen LogP contribution in [0.4, 0.5) is 0 Å². The standard InChI is InChI=1S/C12H16BrN/c1-9-2-5-11(12(13)6-9)8-14-7-10-3-4-10/h2,5-6,10,14H,3-4,7-8H2,1H3. The van der Waals surface area contributed by atoms with E-state index in [0.717, 1.165) is 12.5 Å². The van der Waals surface area contributed by atoms with E-state index in [1.165, 1.54) is 35.0 Å². The maximum Gasteiger partial charge on any atom is 0.0222 e. The van der Waals surface area contributed by atoms with Gasteiger partial charge in [0.25, 0.3) is 0 Å². The fraction of sp³-hybridized carbons (Fsp3) is 0.500. The summed E-state index contributed by atoms with van der Waals surface area (Å²) >= 11 is 3.59. The Morgan fingerprint density at radius 3 is 2.86 bits per heavy atom. The first-order valence-corrected chi connectivity index (χ1v) is 6.01. The number of halogens is 1. The van der Waals surface area contributed by atoms with Gasteiger partial charge in [0, 0.05) is 11.0 Å². The molecule has 0 saturated heterocycles. The van der Waals surface area contributed by atoms with Crippen LogP contribution in [0.2, 0.25) is 0 Å². The highest BCUT2D eigenvalue weighted by molar-refractivity contribution is 9.10. The van der Waals surface area contributed by atoms with Crippen LogP contribution in [0, 0.1) is 12.8 Å². The van der Waals surface area contributed by atoms with Crippen molar-refractivity contribution in [3.63, 3.8) is 0 Å². The van der Waals surface area contributed by atoms with Crippen LogP contribution < -0.4 is 5.32 Å². The Labute approximate surface area is 94.0 Å². The van der Waals surface area contributed by atoms with Crippen molar-refractivity contribution in [2.75, 3.05) is 6.54 Å². The predicted molar refractivity (Wildman–Crippen MR) is 63.3 cm³/mol. The summed E-state index contributed by atoms with van der Waals surface area (Å²) in [6, 6.07) is 6.53. The third-order valence-electron chi connectivity index (χ3n) is 2.65. The van der Waals surface area contributed by atoms with Crippen LogP contribution in [0.1, 0.15) is 24.0 Å². The molecule has 76 valence electrons. The predicted octanol–water partition coefficient (Wildman–Crippen LogP) is 3.26. The summed E-state index contributed by atoms with van der Waals surface area (Å²) in [5.74, 6) is 0.958. The number of rotatable bonds is 4. The zero-order valence-corrected chi connectivity index (χ0v) is 10.1. The summed E-state index contributed by atoms with van der Waals surface area (Å²) < 4.78 is 1.22. The zero-order valence-electron chi connectivity index (χ0n) is 8.52. The van der Waals surface area contributed by atoms with Crippen molar-refractivity contribution in [3.8, 4) is 0 Å². The molecule has 1 nitrogen and oxygen atoms in total. The van der Waals surface area contributed by atoms with E-state index >= 15 is 0 Å². The lowest BCUT2D eigenvalue weighted by molar-refractivity contribution is 0.637. The summed E-state index contributed by atoms with van der Waals surface area (Å²) in [6.07, 6.45) is 2.84. The van der Waals surface area contributed by atoms with Crippen LogP contribution in [0.5, 0.6) is 0 Å². The molecule has 2 heteroatoms. The Morgan fingerprint density at radius 1 is 1.43 bits per heavy atom. The molecule has 1 N–H and O–H groups in total. The van der Waals surface area contributed by atoms with Gasteiger partial charge in [0.2, 0.25) is 0 Å². The molecule has 1 aromatic rings. The number of hydrogen-bond acceptors (Lipinski definition) is 1. The van der Waals surface area contributed by atoms with Crippen molar-refractivity contribution < 1.29 is 0 Å². The van der Waals surface area contributed by atoms with Crippen molar-refractivity contribution in [3.05, 3.63) is 33.8 Å². The van der Waals surface area contributed by atoms with Crippen LogP contribution in [0.15, 0.2) is 22.7 Å². The molecule has 1 aliphatic rings. The number of aryl methyl sites for hydroxylation is 1. The number of nitrogens with one attached hydrogen (secondary N) is 1. The van der Waals surface area contributed by atoms with Gasteiger partial charge in [-0.1, -0.05) is 28.1 Å². The highest BCUT2D eigenvalue weighted by atomic mass is 79.9. The van der Waals surface area contributed by atoms with E-state index in [2.05, 4.69) is 46.4 Å². The molecule has 0 radical (unpaired) electrons. The lowest BCUT2D eigenvalue weighted by Gasteiger charge is -2.06. The van der Waals surface area contributed by atoms with E-state index in [9.17, 15) is 0 Å². The topological polar surface area (TPSA) is 12.0 Å². The molecule has 0 spiro atoms. The van der Waals surface area contributed by atoms with E-state index in [-0.39, 0.29) is 0 Å². The molecule has 2 rings (SSSR count). The second kappa shape index (κ2) is 4.45. The van der Waals surface area contributed by atoms with E-state index in [1.54, 1.807) is 0 Å². The van der Waals surface area contributed by atoms with Gasteiger partial charge in [-0.25, -0.2) is 0 Å². The fourth-order valence-electron chi connectivity index (χ4n) is 1.53. The average Bonchev–Trinajstić information content (AvgIpc) is 2.92. The van der Waals surface area contributed by atoms with Gasteiger partial charge in [0.15, 0.2) is 0 Å². The van der Waals surface area contributed by atoms with Crippen molar-refractivity contribution in [1.29, 1.82) is 0 Å². The second-order valence-corrected chi connectivity index (χ2v) is 5.02. The van der Waals surface area contributed by atoms with Gasteiger partial charge < -0.3 is 5.32 Å². The second-order valence-electron chi connectivity index (χ2n) is 4.17. The van der Waals surface area contributed by atoms with Gasteiger partial charge in [-0.05, 0) is 49.4 Å². The third kappa shape index (κ3) is 2.82. The Balaban J connectivity index is 1.87. The van der Waals surface area contributed by atoms with Gasteiger partial charge in [0.05, 0.1) is 0 Å². The Hall–Kier alpha value is -0.340. The minimum atomic E-state index is 0.958. The van der Waals surface area contributed by atoms with Crippen LogP contribution in [-0.4, -0.2) is 6.54 Å². The molecule has 14 heavy (non-hydrogen) atoms. The largest absolute Gasteiger partial charge is 0.312 e. The van der Waals surface area contributed by atoms with Crippen molar-refractivity contribution in [2.24, 2.45) is 5.92 Å². The molecule has 0 unspecified atom stereocenters. The molecule has 0 aliphatic heterocycles. The maximum absolute atomic E-state index is 3.59. The number of hydrogen-bond donors (Lipinski definition) is 1. The highest BCUT2D eigenvalue weighted by Gasteiger charge is 2.20. The normalized spacial score (nSPS) is 15.9. The molecule has 1 saturated carbocycles. The number of benzene rings is 1. The first-order valence-electron chi connectivity index (χ1n) is 5.21. The summed E-state index contributed by atoms with van der Waals surface area (Å²) in [5, 5.41) is 3.49. The Bertz CT molecular complexity index is 318. The van der Waals surface area contributed by atoms with Crippen molar-refractivity contribution in [2.45, 2.75) is 26.3 Å². The van der Waals surface area contributed by atoms with E-state index < -0.39 is 0 Å². The van der Waals surface area contributed by atoms with Crippen LogP contribution in [0.3, 0.4) is 0 Å². The molecule has 0 aromatic heterocycles. The third-order valence-corrected chi connectivity index (χ3v) is 3.39. The van der Waals surface area contributed by atoms with Crippen LogP contribution in [-0.2, 0) is 6.54 Å². The molecular weight excluding hydrogens is 238 g/mol. The Morgan fingerprint density at radius 2 is 2.21 bits per heavy atom. The molecule has 1 aromatic carbocycles. The van der Waals surface area contributed by atoms with Gasteiger partial charge >= 0.3 is 0 Å². The van der Waals surface area contributed by atoms with Gasteiger partial charge in [0.1, 0.15) is 0 Å². The highest BCUT2D eigenvalue weighted by Crippen LogP contribution is 2.27. The summed E-state index contributed by atoms with van der Waals surface area (Å²) in [5.41, 5.74) is 2.67. The SMILES string of the molecule is Cc1ccc(CNCC2CC2)c(Br)c1. The van der Waals surface area contributed by atoms with Gasteiger partial charge in [-0.2, -0.15) is 0 Å². The van der Waals surface area contributed by atoms with Crippen molar-refractivity contribution >= 4 is 15.9 Å². The smallest absolute Gasteiger partial charge is 0.0222 e. The molecular formula is C12H16BrN. The monoisotopic (exact) mass is 253 g/mol. The molecule has 0 heterocycles. The summed E-state index contributed by atoms with van der Waals surface area (Å²) in [4.78, 5) is 0. The lowest BCUT2D eigenvalue weighted by atomic mass is 10.1. The first kappa shape index (κ1) is 10.2. The van der Waals surface area contributed by atoms with E-state index in [4.69, 9.17) is 0 Å². The zero-order chi connectivity index (χ0) is 9.97. The first-order chi connectivity index (χ1) is 6.75. The fourth-order valence-corrected chi connectivity index (χ4v) is 2.16. The molecule has 1 aliphatic carbocycles. The Kier molecular flexibility index (Phi) is 3.24. The molecule has 0 atom stereocenters. The van der Waals surface area contributed by atoms with Crippen molar-refractivity contribution in [1.82, 2.24) is 5.32 Å². The van der Waals surface area contributed by atoms with E-state index in [1.807, 2.05) is 0 Å². The molecule has 0 bridgehead atoms. The van der Waals surface area contributed by atoms with Gasteiger partial charge in [-0.15, -0.1) is 0 Å². The minimum Gasteiger partial charge on any atom is -0.312 e.